The van der Waals surface area contributed by atoms with Crippen molar-refractivity contribution in [3.63, 3.8) is 0 Å². The lowest BCUT2D eigenvalue weighted by molar-refractivity contribution is 0.170. The molecule has 7 nitrogen and oxygen atoms in total. The summed E-state index contributed by atoms with van der Waals surface area (Å²) in [6.45, 7) is 2.40. The minimum absolute atomic E-state index is 0.563. The van der Waals surface area contributed by atoms with Gasteiger partial charge in [0.1, 0.15) is 19.0 Å². The molecule has 1 aromatic heterocycles. The maximum atomic E-state index is 5.61. The van der Waals surface area contributed by atoms with Gasteiger partial charge >= 0.3 is 0 Å². The van der Waals surface area contributed by atoms with Gasteiger partial charge in [0.05, 0.1) is 13.7 Å². The van der Waals surface area contributed by atoms with Gasteiger partial charge in [0.2, 0.25) is 6.39 Å². The number of benzene rings is 1. The lowest BCUT2D eigenvalue weighted by atomic mass is 10.1. The molecule has 0 spiro atoms. The molecule has 2 aromatic rings. The maximum absolute atomic E-state index is 5.61. The molecule has 0 aliphatic carbocycles. The molecule has 1 aromatic carbocycles. The molecule has 0 amide bonds. The van der Waals surface area contributed by atoms with Gasteiger partial charge in [0.25, 0.3) is 0 Å². The van der Waals surface area contributed by atoms with Crippen LogP contribution >= 0.6 is 0 Å². The molecule has 7 heteroatoms. The first-order valence-electron chi connectivity index (χ1n) is 6.66. The van der Waals surface area contributed by atoms with E-state index in [9.17, 15) is 0 Å². The van der Waals surface area contributed by atoms with Crippen LogP contribution in [0.5, 0.6) is 17.2 Å². The van der Waals surface area contributed by atoms with Gasteiger partial charge < -0.3 is 18.7 Å². The molecule has 0 saturated heterocycles. The predicted octanol–water partition coefficient (Wildman–Crippen LogP) is 1.48. The Morgan fingerprint density at radius 1 is 1.19 bits per heavy atom. The molecule has 0 N–H and O–H groups in total. The third-order valence-corrected chi connectivity index (χ3v) is 3.20. The number of ether oxygens (including phenoxy) is 3. The van der Waals surface area contributed by atoms with Gasteiger partial charge in [-0.3, -0.25) is 4.90 Å². The summed E-state index contributed by atoms with van der Waals surface area (Å²) in [5, 5.41) is 3.81. The molecule has 0 fully saturated rings. The maximum Gasteiger partial charge on any atom is 0.213 e. The van der Waals surface area contributed by atoms with Crippen LogP contribution in [0.4, 0.5) is 0 Å². The summed E-state index contributed by atoms with van der Waals surface area (Å²) in [4.78, 5) is 6.08. The van der Waals surface area contributed by atoms with Crippen molar-refractivity contribution in [2.75, 3.05) is 27.4 Å². The van der Waals surface area contributed by atoms with Crippen LogP contribution in [0.2, 0.25) is 0 Å². The van der Waals surface area contributed by atoms with Gasteiger partial charge in [0.15, 0.2) is 17.3 Å². The van der Waals surface area contributed by atoms with E-state index in [4.69, 9.17) is 18.7 Å². The molecule has 0 bridgehead atoms. The second-order valence-corrected chi connectivity index (χ2v) is 4.83. The molecule has 3 rings (SSSR count). The largest absolute Gasteiger partial charge is 0.496 e. The predicted molar refractivity (Wildman–Crippen MR) is 73.5 cm³/mol. The van der Waals surface area contributed by atoms with Crippen LogP contribution in [-0.2, 0) is 13.1 Å². The van der Waals surface area contributed by atoms with Crippen molar-refractivity contribution in [2.24, 2.45) is 0 Å². The van der Waals surface area contributed by atoms with E-state index >= 15 is 0 Å². The molecule has 2 heterocycles. The fraction of sp³-hybridized carbons (Fsp3) is 0.429. The summed E-state index contributed by atoms with van der Waals surface area (Å²) in [5.74, 6) is 2.90. The summed E-state index contributed by atoms with van der Waals surface area (Å²) in [7, 11) is 3.63. The number of rotatable bonds is 5. The van der Waals surface area contributed by atoms with E-state index in [1.807, 2.05) is 19.2 Å². The smallest absolute Gasteiger partial charge is 0.213 e. The number of fused-ring (bicyclic) bond motifs is 1. The molecule has 1 aliphatic heterocycles. The molecular weight excluding hydrogens is 274 g/mol. The monoisotopic (exact) mass is 291 g/mol. The van der Waals surface area contributed by atoms with Crippen LogP contribution in [0, 0.1) is 0 Å². The second kappa shape index (κ2) is 6.01. The zero-order chi connectivity index (χ0) is 14.7. The first-order chi connectivity index (χ1) is 10.3. The molecule has 0 saturated carbocycles. The minimum atomic E-state index is 0.563. The standard InChI is InChI=1S/C14H17N3O4/c1-17(8-14-15-9-21-16-14)7-10-5-12-13(6-11(10)18-2)20-4-3-19-12/h5-6,9H,3-4,7-8H2,1-2H3. The Morgan fingerprint density at radius 2 is 1.95 bits per heavy atom. The summed E-state index contributed by atoms with van der Waals surface area (Å²) in [5.41, 5.74) is 1.02. The van der Waals surface area contributed by atoms with Crippen molar-refractivity contribution in [3.05, 3.63) is 29.9 Å². The summed E-state index contributed by atoms with van der Waals surface area (Å²) in [6.07, 6.45) is 1.33. The molecule has 0 atom stereocenters. The van der Waals surface area contributed by atoms with Crippen molar-refractivity contribution in [1.82, 2.24) is 15.0 Å². The van der Waals surface area contributed by atoms with Gasteiger partial charge in [-0.05, 0) is 13.1 Å². The Morgan fingerprint density at radius 3 is 2.62 bits per heavy atom. The fourth-order valence-corrected chi connectivity index (χ4v) is 2.28. The molecule has 0 radical (unpaired) electrons. The molecular formula is C14H17N3O4. The SMILES string of the molecule is COc1cc2c(cc1CN(C)Cc1ncon1)OCCO2. The van der Waals surface area contributed by atoms with Crippen molar-refractivity contribution in [3.8, 4) is 17.2 Å². The summed E-state index contributed by atoms with van der Waals surface area (Å²) < 4.78 is 21.3. The number of nitrogens with zero attached hydrogens (tertiary/aromatic N) is 3. The highest BCUT2D eigenvalue weighted by atomic mass is 16.6. The Hall–Kier alpha value is -2.28. The van der Waals surface area contributed by atoms with Crippen LogP contribution in [0.15, 0.2) is 23.0 Å². The van der Waals surface area contributed by atoms with Crippen LogP contribution in [0.3, 0.4) is 0 Å². The first-order valence-corrected chi connectivity index (χ1v) is 6.66. The van der Waals surface area contributed by atoms with E-state index in [0.717, 1.165) is 22.8 Å². The second-order valence-electron chi connectivity index (χ2n) is 4.83. The van der Waals surface area contributed by atoms with E-state index in [0.29, 0.717) is 32.1 Å². The average Bonchev–Trinajstić information content (AvgIpc) is 2.99. The lowest BCUT2D eigenvalue weighted by Gasteiger charge is -2.22. The normalized spacial score (nSPS) is 13.5. The van der Waals surface area contributed by atoms with Gasteiger partial charge in [-0.25, -0.2) is 0 Å². The Kier molecular flexibility index (Phi) is 3.92. The number of hydrogen-bond acceptors (Lipinski definition) is 7. The van der Waals surface area contributed by atoms with Crippen LogP contribution in [-0.4, -0.2) is 42.4 Å². The van der Waals surface area contributed by atoms with Crippen molar-refractivity contribution in [1.29, 1.82) is 0 Å². The summed E-state index contributed by atoms with van der Waals surface area (Å²) in [6, 6.07) is 3.83. The third kappa shape index (κ3) is 3.08. The fourth-order valence-electron chi connectivity index (χ4n) is 2.28. The van der Waals surface area contributed by atoms with Crippen molar-refractivity contribution in [2.45, 2.75) is 13.1 Å². The Balaban J connectivity index is 1.77. The Bertz CT molecular complexity index is 601. The van der Waals surface area contributed by atoms with E-state index in [-0.39, 0.29) is 0 Å². The third-order valence-electron chi connectivity index (χ3n) is 3.20. The quantitative estimate of drug-likeness (QED) is 0.826. The van der Waals surface area contributed by atoms with Crippen LogP contribution < -0.4 is 14.2 Å². The number of aromatic nitrogens is 2. The topological polar surface area (TPSA) is 69.9 Å². The zero-order valence-electron chi connectivity index (χ0n) is 12.0. The highest BCUT2D eigenvalue weighted by Gasteiger charge is 2.17. The van der Waals surface area contributed by atoms with E-state index in [1.54, 1.807) is 7.11 Å². The highest BCUT2D eigenvalue weighted by molar-refractivity contribution is 5.51. The molecule has 21 heavy (non-hydrogen) atoms. The van der Waals surface area contributed by atoms with Gasteiger partial charge in [-0.15, -0.1) is 0 Å². The zero-order valence-corrected chi connectivity index (χ0v) is 12.0. The molecule has 112 valence electrons. The first kappa shape index (κ1) is 13.7. The van der Waals surface area contributed by atoms with Crippen molar-refractivity contribution >= 4 is 0 Å². The number of hydrogen-bond donors (Lipinski definition) is 0. The van der Waals surface area contributed by atoms with E-state index < -0.39 is 0 Å². The Labute approximate surface area is 122 Å². The summed E-state index contributed by atoms with van der Waals surface area (Å²) >= 11 is 0. The van der Waals surface area contributed by atoms with Gasteiger partial charge in [-0.1, -0.05) is 5.16 Å². The molecule has 1 aliphatic rings. The minimum Gasteiger partial charge on any atom is -0.496 e. The highest BCUT2D eigenvalue weighted by Crippen LogP contribution is 2.37. The van der Waals surface area contributed by atoms with Crippen molar-refractivity contribution < 1.29 is 18.7 Å². The molecule has 0 unspecified atom stereocenters. The lowest BCUT2D eigenvalue weighted by Crippen LogP contribution is -2.20. The average molecular weight is 291 g/mol. The number of methoxy groups -OCH3 is 1. The van der Waals surface area contributed by atoms with Crippen LogP contribution in [0.25, 0.3) is 0 Å². The van der Waals surface area contributed by atoms with Gasteiger partial charge in [0, 0.05) is 18.2 Å². The van der Waals surface area contributed by atoms with E-state index in [1.165, 1.54) is 6.39 Å². The van der Waals surface area contributed by atoms with E-state index in [2.05, 4.69) is 15.0 Å². The van der Waals surface area contributed by atoms with Crippen LogP contribution in [0.1, 0.15) is 11.4 Å². The van der Waals surface area contributed by atoms with Gasteiger partial charge in [-0.2, -0.15) is 4.98 Å².